The summed E-state index contributed by atoms with van der Waals surface area (Å²) < 4.78 is 19.6. The maximum absolute atomic E-state index is 14.3. The molecule has 5 rings (SSSR count). The summed E-state index contributed by atoms with van der Waals surface area (Å²) >= 11 is 12.5. The van der Waals surface area contributed by atoms with Gasteiger partial charge in [-0.3, -0.25) is 9.59 Å². The van der Waals surface area contributed by atoms with Crippen molar-refractivity contribution < 1.29 is 23.5 Å². The number of aromatic nitrogens is 1. The van der Waals surface area contributed by atoms with Crippen LogP contribution in [-0.4, -0.2) is 76.9 Å². The minimum Gasteiger partial charge on any atom is -0.405 e. The zero-order chi connectivity index (χ0) is 28.8. The number of nitrogens with zero attached hydrogens (tertiary/aromatic N) is 4. The molecule has 1 aromatic heterocycles. The molecule has 1 aromatic carbocycles. The van der Waals surface area contributed by atoms with Gasteiger partial charge in [0, 0.05) is 56.2 Å². The molecule has 0 N–H and O–H groups in total. The minimum absolute atomic E-state index is 0.00726. The molecule has 0 bridgehead atoms. The van der Waals surface area contributed by atoms with Crippen LogP contribution in [-0.2, 0) is 9.59 Å². The quantitative estimate of drug-likeness (QED) is 0.441. The third kappa shape index (κ3) is 5.77. The molecule has 1 saturated carbocycles. The van der Waals surface area contributed by atoms with E-state index in [4.69, 9.17) is 27.9 Å². The van der Waals surface area contributed by atoms with Crippen molar-refractivity contribution in [3.63, 3.8) is 0 Å². The predicted molar refractivity (Wildman–Crippen MR) is 149 cm³/mol. The molecule has 3 amide bonds. The first-order valence-corrected chi connectivity index (χ1v) is 14.3. The molecule has 2 saturated heterocycles. The molecule has 2 atom stereocenters. The van der Waals surface area contributed by atoms with Gasteiger partial charge in [-0.15, -0.1) is 0 Å². The van der Waals surface area contributed by atoms with Gasteiger partial charge in [0.25, 0.3) is 5.95 Å². The number of ether oxygens (including phenoxy) is 1. The Morgan fingerprint density at radius 2 is 1.75 bits per heavy atom. The average molecular weight is 592 g/mol. The molecule has 0 unspecified atom stereocenters. The highest BCUT2D eigenvalue weighted by Gasteiger charge is 2.48. The topological polar surface area (TPSA) is 83.0 Å². The maximum Gasteiger partial charge on any atom is 0.415 e. The van der Waals surface area contributed by atoms with Crippen LogP contribution < -0.4 is 4.74 Å². The number of amides is 3. The van der Waals surface area contributed by atoms with Crippen molar-refractivity contribution in [2.24, 2.45) is 11.3 Å². The predicted octanol–water partition coefficient (Wildman–Crippen LogP) is 5.30. The zero-order valence-electron chi connectivity index (χ0n) is 22.8. The van der Waals surface area contributed by atoms with Crippen molar-refractivity contribution in [3.05, 3.63) is 57.6 Å². The Bertz CT molecular complexity index is 1330. The summed E-state index contributed by atoms with van der Waals surface area (Å²) in [7, 11) is 1.58. The molecule has 3 heterocycles. The Morgan fingerprint density at radius 3 is 2.38 bits per heavy atom. The van der Waals surface area contributed by atoms with Crippen LogP contribution in [0.5, 0.6) is 5.75 Å². The third-order valence-electron chi connectivity index (χ3n) is 8.56. The van der Waals surface area contributed by atoms with Gasteiger partial charge in [-0.05, 0) is 62.4 Å². The summed E-state index contributed by atoms with van der Waals surface area (Å²) in [4.78, 5) is 48.3. The number of hydrogen-bond donors (Lipinski definition) is 0. The molecule has 3 aliphatic rings. The molecule has 1 aliphatic carbocycles. The number of carbonyl (C=O) groups excluding carboxylic acids is 3. The van der Waals surface area contributed by atoms with Gasteiger partial charge in [0.15, 0.2) is 5.75 Å². The van der Waals surface area contributed by atoms with Gasteiger partial charge in [-0.25, -0.2) is 9.78 Å². The molecule has 0 radical (unpaired) electrons. The zero-order valence-corrected chi connectivity index (χ0v) is 24.3. The summed E-state index contributed by atoms with van der Waals surface area (Å²) in [6.07, 6.45) is 2.32. The van der Waals surface area contributed by atoms with Crippen LogP contribution in [0.1, 0.15) is 49.8 Å². The lowest BCUT2D eigenvalue weighted by Gasteiger charge is -2.34. The Balaban J connectivity index is 1.31. The molecule has 11 heteroatoms. The number of hydrogen-bond acceptors (Lipinski definition) is 5. The number of likely N-dealkylation sites (tertiary alicyclic amines) is 2. The monoisotopic (exact) mass is 590 g/mol. The summed E-state index contributed by atoms with van der Waals surface area (Å²) in [6.45, 7) is 5.44. The van der Waals surface area contributed by atoms with Crippen LogP contribution in [0.25, 0.3) is 0 Å². The first-order chi connectivity index (χ1) is 19.0. The maximum atomic E-state index is 14.3. The van der Waals surface area contributed by atoms with E-state index in [1.54, 1.807) is 37.1 Å². The number of rotatable bonds is 5. The fourth-order valence-electron chi connectivity index (χ4n) is 5.69. The van der Waals surface area contributed by atoms with Gasteiger partial charge < -0.3 is 19.4 Å². The van der Waals surface area contributed by atoms with Crippen molar-refractivity contribution in [1.29, 1.82) is 0 Å². The van der Waals surface area contributed by atoms with E-state index >= 15 is 0 Å². The highest BCUT2D eigenvalue weighted by molar-refractivity contribution is 6.42. The van der Waals surface area contributed by atoms with Crippen molar-refractivity contribution in [3.8, 4) is 5.75 Å². The normalized spacial score (nSPS) is 22.2. The van der Waals surface area contributed by atoms with E-state index in [2.05, 4.69) is 4.98 Å². The van der Waals surface area contributed by atoms with Crippen LogP contribution in [0.3, 0.4) is 0 Å². The van der Waals surface area contributed by atoms with E-state index in [0.29, 0.717) is 48.2 Å². The summed E-state index contributed by atoms with van der Waals surface area (Å²) in [5, 5.41) is 0.784. The first kappa shape index (κ1) is 28.6. The van der Waals surface area contributed by atoms with E-state index in [1.807, 2.05) is 17.9 Å². The number of benzene rings is 1. The number of aryl methyl sites for hydroxylation is 1. The summed E-state index contributed by atoms with van der Waals surface area (Å²) in [6, 6.07) is 7.76. The lowest BCUT2D eigenvalue weighted by atomic mass is 9.93. The van der Waals surface area contributed by atoms with Crippen molar-refractivity contribution in [2.45, 2.75) is 51.5 Å². The number of carbonyl (C=O) groups is 3. The van der Waals surface area contributed by atoms with E-state index in [1.165, 1.54) is 11.0 Å². The van der Waals surface area contributed by atoms with Gasteiger partial charge in [0.05, 0.1) is 16.1 Å². The molecular weight excluding hydrogens is 558 g/mol. The van der Waals surface area contributed by atoms with Gasteiger partial charge >= 0.3 is 6.09 Å². The summed E-state index contributed by atoms with van der Waals surface area (Å²) in [5.41, 5.74) is 1.07. The first-order valence-electron chi connectivity index (χ1n) is 13.6. The fraction of sp³-hybridized carbons (Fsp3) is 0.517. The Kier molecular flexibility index (Phi) is 7.99. The molecule has 3 fully saturated rings. The van der Waals surface area contributed by atoms with Gasteiger partial charge in [-0.1, -0.05) is 36.2 Å². The molecule has 0 spiro atoms. The Labute approximate surface area is 243 Å². The van der Waals surface area contributed by atoms with Crippen LogP contribution >= 0.6 is 23.2 Å². The Morgan fingerprint density at radius 1 is 1.05 bits per heavy atom. The minimum atomic E-state index is -0.869. The van der Waals surface area contributed by atoms with Gasteiger partial charge in [0.1, 0.15) is 0 Å². The smallest absolute Gasteiger partial charge is 0.405 e. The summed E-state index contributed by atoms with van der Waals surface area (Å²) in [5.74, 6) is -1.40. The van der Waals surface area contributed by atoms with Crippen molar-refractivity contribution in [2.75, 3.05) is 33.2 Å². The van der Waals surface area contributed by atoms with Gasteiger partial charge in [-0.2, -0.15) is 4.39 Å². The molecule has 2 aromatic rings. The van der Waals surface area contributed by atoms with E-state index in [-0.39, 0.29) is 41.4 Å². The molecule has 40 heavy (non-hydrogen) atoms. The highest BCUT2D eigenvalue weighted by Crippen LogP contribution is 2.47. The van der Waals surface area contributed by atoms with Crippen molar-refractivity contribution in [1.82, 2.24) is 19.7 Å². The number of likely N-dealkylation sites (N-methyl/N-ethyl adjacent to an activating group) is 1. The second kappa shape index (κ2) is 11.2. The molecule has 8 nitrogen and oxygen atoms in total. The number of halogens is 3. The van der Waals surface area contributed by atoms with Crippen LogP contribution in [0.15, 0.2) is 30.3 Å². The largest absolute Gasteiger partial charge is 0.415 e. The van der Waals surface area contributed by atoms with E-state index in [9.17, 15) is 18.8 Å². The Hall–Kier alpha value is -2.91. The second-order valence-electron chi connectivity index (χ2n) is 11.4. The van der Waals surface area contributed by atoms with E-state index < -0.39 is 18.1 Å². The SMILES string of the molecule is Cc1ccc(OC(=O)N(C)[C@@H]2CN(C(=O)C3CCN(C(=O)C4(C)CC4)CC3)C[C@H]2c2ccc(Cl)c(Cl)c2)c(F)n1. The van der Waals surface area contributed by atoms with Crippen molar-refractivity contribution >= 4 is 41.1 Å². The molecular formula is C29H33Cl2FN4O4. The average Bonchev–Trinajstić information content (AvgIpc) is 3.54. The van der Waals surface area contributed by atoms with Crippen LogP contribution in [0.4, 0.5) is 9.18 Å². The second-order valence-corrected chi connectivity index (χ2v) is 12.3. The molecule has 214 valence electrons. The lowest BCUT2D eigenvalue weighted by molar-refractivity contribution is -0.142. The third-order valence-corrected chi connectivity index (χ3v) is 9.30. The van der Waals surface area contributed by atoms with E-state index in [0.717, 1.165) is 18.4 Å². The van der Waals surface area contributed by atoms with Gasteiger partial charge in [0.2, 0.25) is 11.8 Å². The standard InChI is InChI=1S/C29H33Cl2FN4O4/c1-17-4-7-24(25(32)33-17)40-28(39)34(3)23-16-36(15-20(23)19-5-6-21(30)22(31)14-19)26(37)18-8-12-35(13-9-18)27(38)29(2)10-11-29/h4-7,14,18,20,23H,8-13,15-16H2,1-3H3/t20-,23+/m0/s1. The highest BCUT2D eigenvalue weighted by atomic mass is 35.5. The van der Waals surface area contributed by atoms with Crippen LogP contribution in [0.2, 0.25) is 10.0 Å². The lowest BCUT2D eigenvalue weighted by Crippen LogP contribution is -2.46. The number of piperidine rings is 1. The van der Waals surface area contributed by atoms with Crippen LogP contribution in [0, 0.1) is 24.2 Å². The fourth-order valence-corrected chi connectivity index (χ4v) is 6.00. The number of pyridine rings is 1. The molecule has 2 aliphatic heterocycles.